The predicted molar refractivity (Wildman–Crippen MR) is 102 cm³/mol. The van der Waals surface area contributed by atoms with E-state index in [9.17, 15) is 9.90 Å². The number of nitrogens with one attached hydrogen (secondary N) is 1. The molecule has 1 heterocycles. The summed E-state index contributed by atoms with van der Waals surface area (Å²) in [7, 11) is 0. The van der Waals surface area contributed by atoms with Crippen molar-refractivity contribution in [2.45, 2.75) is 6.92 Å². The molecule has 0 fully saturated rings. The summed E-state index contributed by atoms with van der Waals surface area (Å²) in [6, 6.07) is 19.1. The third kappa shape index (κ3) is 2.68. The lowest BCUT2D eigenvalue weighted by Gasteiger charge is -2.06. The number of para-hydroxylation sites is 1. The fourth-order valence-corrected chi connectivity index (χ4v) is 3.02. The maximum absolute atomic E-state index is 12.3. The second-order valence-electron chi connectivity index (χ2n) is 5.98. The van der Waals surface area contributed by atoms with Gasteiger partial charge in [-0.15, -0.1) is 0 Å². The Bertz CT molecular complexity index is 1180. The number of H-pyrrole nitrogens is 1. The molecule has 3 aromatic carbocycles. The largest absolute Gasteiger partial charge is 0.507 e. The van der Waals surface area contributed by atoms with Crippen LogP contribution in [-0.4, -0.2) is 15.1 Å². The van der Waals surface area contributed by atoms with Gasteiger partial charge >= 0.3 is 0 Å². The van der Waals surface area contributed by atoms with E-state index in [1.165, 1.54) is 6.08 Å². The van der Waals surface area contributed by atoms with Crippen LogP contribution >= 0.6 is 0 Å². The van der Waals surface area contributed by atoms with Crippen LogP contribution in [0.3, 0.4) is 0 Å². The van der Waals surface area contributed by atoms with E-state index in [-0.39, 0.29) is 17.0 Å². The van der Waals surface area contributed by atoms with E-state index in [4.69, 9.17) is 0 Å². The van der Waals surface area contributed by atoms with Gasteiger partial charge in [0.25, 0.3) is 5.56 Å². The lowest BCUT2D eigenvalue weighted by Crippen LogP contribution is -2.12. The number of aromatic amines is 1. The molecule has 0 aliphatic heterocycles. The van der Waals surface area contributed by atoms with Crippen LogP contribution in [0.2, 0.25) is 0 Å². The second-order valence-corrected chi connectivity index (χ2v) is 5.98. The van der Waals surface area contributed by atoms with Crippen LogP contribution in [0.1, 0.15) is 16.8 Å². The quantitative estimate of drug-likeness (QED) is 0.535. The molecular formula is C21H16N2O2. The summed E-state index contributed by atoms with van der Waals surface area (Å²) in [6.45, 7) is 1.92. The Labute approximate surface area is 144 Å². The molecule has 0 amide bonds. The van der Waals surface area contributed by atoms with Gasteiger partial charge < -0.3 is 10.1 Å². The first-order chi connectivity index (χ1) is 12.1. The molecule has 0 atom stereocenters. The van der Waals surface area contributed by atoms with Crippen LogP contribution < -0.4 is 5.56 Å². The Kier molecular flexibility index (Phi) is 3.58. The summed E-state index contributed by atoms with van der Waals surface area (Å²) in [4.78, 5) is 19.6. The van der Waals surface area contributed by atoms with Crippen molar-refractivity contribution in [2.75, 3.05) is 0 Å². The summed E-state index contributed by atoms with van der Waals surface area (Å²) in [6.07, 6.45) is 1.42. The zero-order valence-electron chi connectivity index (χ0n) is 13.7. The van der Waals surface area contributed by atoms with Gasteiger partial charge in [-0.2, -0.15) is 0 Å². The average Bonchev–Trinajstić information content (AvgIpc) is 2.63. The molecule has 122 valence electrons. The molecule has 4 aromatic rings. The minimum absolute atomic E-state index is 0.0156. The number of hydrogen-bond acceptors (Lipinski definition) is 3. The number of benzene rings is 3. The Morgan fingerprint density at radius 1 is 1.04 bits per heavy atom. The van der Waals surface area contributed by atoms with Gasteiger partial charge in [-0.05, 0) is 29.3 Å². The summed E-state index contributed by atoms with van der Waals surface area (Å²) >= 11 is 0. The lowest BCUT2D eigenvalue weighted by atomic mass is 10.0. The monoisotopic (exact) mass is 328 g/mol. The van der Waals surface area contributed by atoms with Crippen molar-refractivity contribution in [3.63, 3.8) is 0 Å². The number of fused-ring (bicyclic) bond motifs is 2. The average molecular weight is 328 g/mol. The van der Waals surface area contributed by atoms with Gasteiger partial charge in [-0.3, -0.25) is 4.79 Å². The highest BCUT2D eigenvalue weighted by atomic mass is 16.3. The number of aliphatic hydroxyl groups is 1. The van der Waals surface area contributed by atoms with Gasteiger partial charge in [0.1, 0.15) is 11.5 Å². The Morgan fingerprint density at radius 2 is 1.80 bits per heavy atom. The molecule has 0 saturated heterocycles. The smallest absolute Gasteiger partial charge is 0.274 e. The van der Waals surface area contributed by atoms with E-state index in [2.05, 4.69) is 9.97 Å². The van der Waals surface area contributed by atoms with E-state index in [0.717, 1.165) is 16.3 Å². The lowest BCUT2D eigenvalue weighted by molar-refractivity contribution is 0.516. The summed E-state index contributed by atoms with van der Waals surface area (Å²) in [5, 5.41) is 12.5. The van der Waals surface area contributed by atoms with Crippen molar-refractivity contribution in [2.24, 2.45) is 0 Å². The summed E-state index contributed by atoms with van der Waals surface area (Å²) in [5.41, 5.74) is 2.89. The molecule has 0 unspecified atom stereocenters. The van der Waals surface area contributed by atoms with E-state index in [1.807, 2.05) is 67.6 Å². The molecule has 0 spiro atoms. The molecule has 4 nitrogen and oxygen atoms in total. The number of nitrogens with zero attached hydrogens (tertiary/aromatic N) is 1. The summed E-state index contributed by atoms with van der Waals surface area (Å²) < 4.78 is 0. The van der Waals surface area contributed by atoms with Crippen molar-refractivity contribution in [3.8, 4) is 0 Å². The third-order valence-electron chi connectivity index (χ3n) is 4.30. The van der Waals surface area contributed by atoms with Crippen LogP contribution in [0.25, 0.3) is 33.6 Å². The molecule has 0 saturated carbocycles. The van der Waals surface area contributed by atoms with Crippen LogP contribution in [0.4, 0.5) is 0 Å². The number of hydrogen-bond donors (Lipinski definition) is 2. The molecule has 2 N–H and O–H groups in total. The molecule has 1 aromatic heterocycles. The first kappa shape index (κ1) is 15.1. The molecule has 0 aliphatic rings. The van der Waals surface area contributed by atoms with Crippen molar-refractivity contribution in [1.29, 1.82) is 0 Å². The molecule has 25 heavy (non-hydrogen) atoms. The van der Waals surface area contributed by atoms with Crippen molar-refractivity contribution in [3.05, 3.63) is 87.8 Å². The predicted octanol–water partition coefficient (Wildman–Crippen LogP) is 4.44. The standard InChI is InChI=1S/C21H16N2O2/c1-13-6-4-11-17-20(13)23-21(25)18(22-17)12-19(24)16-10-5-8-14-7-2-3-9-15(14)16/h2-12,24H,1H3,(H,23,25). The van der Waals surface area contributed by atoms with E-state index < -0.39 is 0 Å². The van der Waals surface area contributed by atoms with Gasteiger partial charge in [0.05, 0.1) is 11.0 Å². The Hall–Kier alpha value is -3.40. The summed E-state index contributed by atoms with van der Waals surface area (Å²) in [5.74, 6) is 0.0156. The molecule has 4 rings (SSSR count). The van der Waals surface area contributed by atoms with E-state index in [0.29, 0.717) is 16.6 Å². The molecule has 0 bridgehead atoms. The highest BCUT2D eigenvalue weighted by Gasteiger charge is 2.09. The highest BCUT2D eigenvalue weighted by Crippen LogP contribution is 2.24. The van der Waals surface area contributed by atoms with Crippen LogP contribution in [0.15, 0.2) is 65.5 Å². The van der Waals surface area contributed by atoms with E-state index >= 15 is 0 Å². The maximum atomic E-state index is 12.3. The number of aryl methyl sites for hydroxylation is 1. The first-order valence-electron chi connectivity index (χ1n) is 8.02. The second kappa shape index (κ2) is 5.91. The van der Waals surface area contributed by atoms with Crippen molar-refractivity contribution in [1.82, 2.24) is 9.97 Å². The molecule has 0 radical (unpaired) electrons. The van der Waals surface area contributed by atoms with Gasteiger partial charge in [0.2, 0.25) is 0 Å². The minimum atomic E-state index is -0.325. The van der Waals surface area contributed by atoms with Gasteiger partial charge in [0, 0.05) is 11.6 Å². The fraction of sp³-hybridized carbons (Fsp3) is 0.0476. The number of aliphatic hydroxyl groups excluding tert-OH is 1. The van der Waals surface area contributed by atoms with Crippen LogP contribution in [0, 0.1) is 6.92 Å². The van der Waals surface area contributed by atoms with Crippen molar-refractivity contribution >= 4 is 33.6 Å². The highest BCUT2D eigenvalue weighted by molar-refractivity contribution is 5.95. The zero-order valence-corrected chi connectivity index (χ0v) is 13.7. The SMILES string of the molecule is Cc1cccc2nc(C=C(O)c3cccc4ccccc34)c(=O)[nH]c12. The van der Waals surface area contributed by atoms with Crippen LogP contribution in [0.5, 0.6) is 0 Å². The van der Waals surface area contributed by atoms with Gasteiger partial charge in [-0.25, -0.2) is 4.98 Å². The molecular weight excluding hydrogens is 312 g/mol. The Morgan fingerprint density at radius 3 is 2.68 bits per heavy atom. The van der Waals surface area contributed by atoms with Gasteiger partial charge in [-0.1, -0.05) is 54.6 Å². The van der Waals surface area contributed by atoms with E-state index in [1.54, 1.807) is 0 Å². The van der Waals surface area contributed by atoms with Crippen molar-refractivity contribution < 1.29 is 5.11 Å². The maximum Gasteiger partial charge on any atom is 0.274 e. The third-order valence-corrected chi connectivity index (χ3v) is 4.30. The van der Waals surface area contributed by atoms with Crippen LogP contribution in [-0.2, 0) is 0 Å². The molecule has 0 aliphatic carbocycles. The first-order valence-corrected chi connectivity index (χ1v) is 8.02. The topological polar surface area (TPSA) is 66.0 Å². The molecule has 4 heteroatoms. The number of rotatable bonds is 2. The van der Waals surface area contributed by atoms with Gasteiger partial charge in [0.15, 0.2) is 0 Å². The Balaban J connectivity index is 1.89. The fourth-order valence-electron chi connectivity index (χ4n) is 3.02. The zero-order chi connectivity index (χ0) is 17.4. The number of aromatic nitrogens is 2. The minimum Gasteiger partial charge on any atom is -0.507 e. The normalized spacial score (nSPS) is 12.0.